The van der Waals surface area contributed by atoms with Crippen LogP contribution in [0.3, 0.4) is 0 Å². The Hall–Kier alpha value is -4.94. The summed E-state index contributed by atoms with van der Waals surface area (Å²) in [5, 5.41) is 10.1. The number of phenolic OH excluding ortho intramolecular Hbond substituents is 1. The average Bonchev–Trinajstić information content (AvgIpc) is 2.97. The number of phenols is 1. The van der Waals surface area contributed by atoms with Crippen LogP contribution < -0.4 is 11.2 Å². The van der Waals surface area contributed by atoms with Crippen molar-refractivity contribution in [1.82, 2.24) is 14.0 Å². The molecule has 0 aliphatic carbocycles. The molecule has 0 saturated heterocycles. The van der Waals surface area contributed by atoms with Crippen molar-refractivity contribution in [3.63, 3.8) is 0 Å². The quantitative estimate of drug-likeness (QED) is 0.228. The minimum atomic E-state index is -4.99. The summed E-state index contributed by atoms with van der Waals surface area (Å²) < 4.78 is 78.9. The number of halogens is 5. The zero-order valence-electron chi connectivity index (χ0n) is 25.7. The van der Waals surface area contributed by atoms with Gasteiger partial charge in [-0.05, 0) is 51.5 Å². The summed E-state index contributed by atoms with van der Waals surface area (Å²) >= 11 is 0. The van der Waals surface area contributed by atoms with Crippen LogP contribution in [-0.2, 0) is 24.0 Å². The second-order valence-electron chi connectivity index (χ2n) is 11.7. The molecule has 8 nitrogen and oxygen atoms in total. The van der Waals surface area contributed by atoms with Crippen molar-refractivity contribution in [2.24, 2.45) is 0 Å². The maximum atomic E-state index is 15.3. The fourth-order valence-corrected chi connectivity index (χ4v) is 5.07. The number of nitrogens with zero attached hydrogens (tertiary/aromatic N) is 3. The predicted molar refractivity (Wildman–Crippen MR) is 160 cm³/mol. The highest BCUT2D eigenvalue weighted by molar-refractivity contribution is 5.69. The van der Waals surface area contributed by atoms with Crippen LogP contribution in [0.2, 0.25) is 0 Å². The minimum Gasteiger partial charge on any atom is -0.505 e. The van der Waals surface area contributed by atoms with Crippen molar-refractivity contribution < 1.29 is 36.6 Å². The maximum absolute atomic E-state index is 15.3. The number of aromatic hydroxyl groups is 1. The van der Waals surface area contributed by atoms with Gasteiger partial charge in [-0.25, -0.2) is 18.4 Å². The van der Waals surface area contributed by atoms with E-state index in [1.807, 2.05) is 0 Å². The second kappa shape index (κ2) is 12.8. The van der Waals surface area contributed by atoms with E-state index in [-0.39, 0.29) is 5.69 Å². The van der Waals surface area contributed by atoms with E-state index in [2.05, 4.69) is 0 Å². The highest BCUT2D eigenvalue weighted by atomic mass is 19.4. The fraction of sp³-hybridized carbons (Fsp3) is 0.303. The molecule has 0 aliphatic rings. The Morgan fingerprint density at radius 3 is 2.17 bits per heavy atom. The first-order valence-corrected chi connectivity index (χ1v) is 14.1. The highest BCUT2D eigenvalue weighted by Crippen LogP contribution is 2.34. The molecule has 4 aromatic rings. The summed E-state index contributed by atoms with van der Waals surface area (Å²) in [5.74, 6) is -3.29. The maximum Gasteiger partial charge on any atom is 0.416 e. The number of carbonyl (C=O) groups is 1. The molecule has 1 heterocycles. The lowest BCUT2D eigenvalue weighted by molar-refractivity contribution is -0.138. The van der Waals surface area contributed by atoms with Crippen molar-refractivity contribution in [3.8, 4) is 16.9 Å². The number of likely N-dealkylation sites (N-methyl/N-ethyl adjacent to an activating group) is 1. The lowest BCUT2D eigenvalue weighted by Gasteiger charge is -2.31. The van der Waals surface area contributed by atoms with E-state index < -0.39 is 87.9 Å². The van der Waals surface area contributed by atoms with Gasteiger partial charge < -0.3 is 14.7 Å². The number of aromatic nitrogens is 2. The van der Waals surface area contributed by atoms with E-state index >= 15 is 4.39 Å². The molecular formula is C33H32F5N3O5. The Morgan fingerprint density at radius 2 is 1.57 bits per heavy atom. The van der Waals surface area contributed by atoms with Gasteiger partial charge in [0.2, 0.25) is 0 Å². The molecule has 1 N–H and O–H groups in total. The first-order valence-electron chi connectivity index (χ1n) is 14.1. The molecule has 1 amide bonds. The predicted octanol–water partition coefficient (Wildman–Crippen LogP) is 6.64. The first kappa shape index (κ1) is 33.9. The van der Waals surface area contributed by atoms with E-state index in [0.29, 0.717) is 16.2 Å². The van der Waals surface area contributed by atoms with Crippen molar-refractivity contribution in [2.75, 3.05) is 7.05 Å². The first-order chi connectivity index (χ1) is 21.4. The standard InChI is InChI=1S/C33H32F5N3O5/c1-19-27(21-13-9-16-26(42)28(21)35)29(43)41(30(44)40(19)17-22-23(33(36,37)38)14-10-15-24(22)34)18-25(20-11-7-6-8-12-20)39(5)31(45)46-32(2,3)4/h6-16,25,42H,17-18H2,1-5H3. The van der Waals surface area contributed by atoms with E-state index in [4.69, 9.17) is 4.74 Å². The number of alkyl halides is 3. The van der Waals surface area contributed by atoms with Crippen molar-refractivity contribution >= 4 is 6.09 Å². The summed E-state index contributed by atoms with van der Waals surface area (Å²) in [6.07, 6.45) is -5.79. The molecule has 13 heteroatoms. The number of hydrogen-bond donors (Lipinski definition) is 1. The monoisotopic (exact) mass is 645 g/mol. The molecule has 3 aromatic carbocycles. The van der Waals surface area contributed by atoms with Crippen LogP contribution in [0.5, 0.6) is 5.75 Å². The molecule has 46 heavy (non-hydrogen) atoms. The van der Waals surface area contributed by atoms with Crippen LogP contribution in [0.4, 0.5) is 26.7 Å². The van der Waals surface area contributed by atoms with E-state index in [1.54, 1.807) is 51.1 Å². The molecule has 0 bridgehead atoms. The topological polar surface area (TPSA) is 93.8 Å². The van der Waals surface area contributed by atoms with E-state index in [0.717, 1.165) is 33.7 Å². The Kier molecular flexibility index (Phi) is 9.46. The van der Waals surface area contributed by atoms with Crippen LogP contribution in [0.25, 0.3) is 11.1 Å². The average molecular weight is 646 g/mol. The van der Waals surface area contributed by atoms with Crippen molar-refractivity contribution in [2.45, 2.75) is 58.6 Å². The van der Waals surface area contributed by atoms with Gasteiger partial charge in [-0.15, -0.1) is 0 Å². The Balaban J connectivity index is 2.02. The van der Waals surface area contributed by atoms with Gasteiger partial charge in [0, 0.05) is 23.9 Å². The van der Waals surface area contributed by atoms with Crippen molar-refractivity contribution in [1.29, 1.82) is 0 Å². The molecule has 1 atom stereocenters. The summed E-state index contributed by atoms with van der Waals surface area (Å²) in [6.45, 7) is 4.63. The SMILES string of the molecule is Cc1c(-c2cccc(O)c2F)c(=O)n(CC(c2ccccc2)N(C)C(=O)OC(C)(C)C)c(=O)n1Cc1c(F)cccc1C(F)(F)F. The van der Waals surface area contributed by atoms with Crippen LogP contribution in [0.15, 0.2) is 76.3 Å². The number of ether oxygens (including phenoxy) is 1. The van der Waals surface area contributed by atoms with Crippen LogP contribution in [0, 0.1) is 18.6 Å². The van der Waals surface area contributed by atoms with E-state index in [9.17, 15) is 37.1 Å². The van der Waals surface area contributed by atoms with Gasteiger partial charge >= 0.3 is 18.0 Å². The van der Waals surface area contributed by atoms with Gasteiger partial charge in [0.1, 0.15) is 11.4 Å². The third-order valence-electron chi connectivity index (χ3n) is 7.36. The Bertz CT molecular complexity index is 1880. The molecule has 0 saturated carbocycles. The molecule has 244 valence electrons. The Morgan fingerprint density at radius 1 is 0.935 bits per heavy atom. The van der Waals surface area contributed by atoms with Gasteiger partial charge in [-0.1, -0.05) is 48.5 Å². The lowest BCUT2D eigenvalue weighted by Crippen LogP contribution is -2.46. The molecule has 0 fully saturated rings. The largest absolute Gasteiger partial charge is 0.505 e. The zero-order valence-corrected chi connectivity index (χ0v) is 25.7. The molecule has 4 rings (SSSR count). The van der Waals surface area contributed by atoms with Crippen LogP contribution >= 0.6 is 0 Å². The lowest BCUT2D eigenvalue weighted by atomic mass is 10.0. The molecule has 0 radical (unpaired) electrons. The Labute approximate surface area is 260 Å². The number of carbonyl (C=O) groups excluding carboxylic acids is 1. The minimum absolute atomic E-state index is 0.274. The van der Waals surface area contributed by atoms with Gasteiger partial charge in [-0.2, -0.15) is 13.2 Å². The molecule has 0 aliphatic heterocycles. The summed E-state index contributed by atoms with van der Waals surface area (Å²) in [5.41, 5.74) is -6.01. The third-order valence-corrected chi connectivity index (χ3v) is 7.36. The number of benzene rings is 3. The molecular weight excluding hydrogens is 613 g/mol. The summed E-state index contributed by atoms with van der Waals surface area (Å²) in [7, 11) is 1.38. The van der Waals surface area contributed by atoms with Crippen LogP contribution in [0.1, 0.15) is 49.2 Å². The number of rotatable bonds is 7. The molecule has 1 unspecified atom stereocenters. The molecule has 1 aromatic heterocycles. The third kappa shape index (κ3) is 6.98. The van der Waals surface area contributed by atoms with Gasteiger partial charge in [0.15, 0.2) is 11.6 Å². The summed E-state index contributed by atoms with van der Waals surface area (Å²) in [4.78, 5) is 42.4. The van der Waals surface area contributed by atoms with Gasteiger partial charge in [0.05, 0.1) is 30.3 Å². The smallest absolute Gasteiger partial charge is 0.416 e. The number of hydrogen-bond acceptors (Lipinski definition) is 5. The van der Waals surface area contributed by atoms with Gasteiger partial charge in [-0.3, -0.25) is 13.9 Å². The second-order valence-corrected chi connectivity index (χ2v) is 11.7. The summed E-state index contributed by atoms with van der Waals surface area (Å²) in [6, 6.07) is 13.0. The fourth-order valence-electron chi connectivity index (χ4n) is 5.07. The highest BCUT2D eigenvalue weighted by Gasteiger charge is 2.35. The zero-order chi connectivity index (χ0) is 34.1. The normalized spacial score (nSPS) is 12.6. The van der Waals surface area contributed by atoms with Crippen LogP contribution in [-0.4, -0.2) is 37.9 Å². The van der Waals surface area contributed by atoms with Gasteiger partial charge in [0.25, 0.3) is 5.56 Å². The number of amides is 1. The van der Waals surface area contributed by atoms with Crippen molar-refractivity contribution in [3.05, 3.63) is 122 Å². The molecule has 0 spiro atoms. The van der Waals surface area contributed by atoms with E-state index in [1.165, 1.54) is 20.0 Å².